The van der Waals surface area contributed by atoms with Crippen molar-refractivity contribution in [1.82, 2.24) is 0 Å². The van der Waals surface area contributed by atoms with Crippen LogP contribution in [0.1, 0.15) is 48.8 Å². The maximum Gasteiger partial charge on any atom is -0.0149 e. The summed E-state index contributed by atoms with van der Waals surface area (Å²) in [4.78, 5) is 0. The molecule has 0 nitrogen and oxygen atoms in total. The van der Waals surface area contributed by atoms with Crippen LogP contribution in [0.15, 0.2) is 24.8 Å². The lowest BCUT2D eigenvalue weighted by Crippen LogP contribution is -1.91. The molecule has 0 aliphatic heterocycles. The van der Waals surface area contributed by atoms with Gasteiger partial charge in [-0.05, 0) is 47.9 Å². The smallest absolute Gasteiger partial charge is 0.0149 e. The van der Waals surface area contributed by atoms with Crippen LogP contribution in [0.25, 0.3) is 0 Å². The van der Waals surface area contributed by atoms with E-state index in [0.717, 1.165) is 12.3 Å². The second kappa shape index (κ2) is 4.00. The molecule has 1 aromatic carbocycles. The van der Waals surface area contributed by atoms with E-state index in [9.17, 15) is 0 Å². The summed E-state index contributed by atoms with van der Waals surface area (Å²) in [6, 6.07) is 6.81. The first-order valence-electron chi connectivity index (χ1n) is 5.51. The van der Waals surface area contributed by atoms with Crippen LogP contribution in [0.5, 0.6) is 0 Å². The number of rotatable bonds is 4. The molecule has 1 radical (unpaired) electrons. The fourth-order valence-electron chi connectivity index (χ4n) is 1.92. The van der Waals surface area contributed by atoms with Crippen LogP contribution in [0.2, 0.25) is 0 Å². The lowest BCUT2D eigenvalue weighted by Gasteiger charge is -2.06. The van der Waals surface area contributed by atoms with Crippen LogP contribution in [0.4, 0.5) is 0 Å². The van der Waals surface area contributed by atoms with Crippen LogP contribution >= 0.6 is 0 Å². The van der Waals surface area contributed by atoms with Gasteiger partial charge < -0.3 is 0 Å². The van der Waals surface area contributed by atoms with E-state index in [1.807, 2.05) is 0 Å². The van der Waals surface area contributed by atoms with Gasteiger partial charge in [-0.2, -0.15) is 0 Å². The molecule has 2 rings (SSSR count). The van der Waals surface area contributed by atoms with Crippen molar-refractivity contribution >= 4 is 0 Å². The second-order valence-corrected chi connectivity index (χ2v) is 4.12. The number of hydrogen-bond donors (Lipinski definition) is 0. The van der Waals surface area contributed by atoms with Crippen molar-refractivity contribution in [2.45, 2.75) is 38.5 Å². The molecular weight excluding hydrogens is 168 g/mol. The summed E-state index contributed by atoms with van der Waals surface area (Å²) in [7, 11) is 0. The minimum absolute atomic E-state index is 0.831. The molecule has 0 heteroatoms. The third-order valence-electron chi connectivity index (χ3n) is 2.89. The highest BCUT2D eigenvalue weighted by atomic mass is 14.3. The Kier molecular flexibility index (Phi) is 2.72. The molecule has 0 spiro atoms. The molecular formula is C14H17. The second-order valence-electron chi connectivity index (χ2n) is 4.12. The van der Waals surface area contributed by atoms with E-state index in [1.54, 1.807) is 0 Å². The van der Waals surface area contributed by atoms with E-state index >= 15 is 0 Å². The Bertz CT molecular complexity index is 332. The van der Waals surface area contributed by atoms with E-state index < -0.39 is 0 Å². The maximum absolute atomic E-state index is 3.77. The fraction of sp³-hybridized carbons (Fsp3) is 0.429. The first-order valence-corrected chi connectivity index (χ1v) is 5.51. The molecule has 0 N–H and O–H groups in total. The van der Waals surface area contributed by atoms with Crippen molar-refractivity contribution in [2.24, 2.45) is 0 Å². The highest BCUT2D eigenvalue weighted by Gasteiger charge is 2.23. The minimum Gasteiger partial charge on any atom is -0.0905 e. The first kappa shape index (κ1) is 9.51. The van der Waals surface area contributed by atoms with Crippen molar-refractivity contribution in [3.63, 3.8) is 0 Å². The molecule has 0 heterocycles. The highest BCUT2D eigenvalue weighted by Crippen LogP contribution is 2.40. The van der Waals surface area contributed by atoms with Gasteiger partial charge in [0, 0.05) is 0 Å². The molecule has 1 fully saturated rings. The number of benzene rings is 1. The Hall–Kier alpha value is -1.04. The van der Waals surface area contributed by atoms with Gasteiger partial charge in [-0.25, -0.2) is 0 Å². The van der Waals surface area contributed by atoms with Crippen molar-refractivity contribution in [1.29, 1.82) is 0 Å². The lowest BCUT2D eigenvalue weighted by molar-refractivity contribution is 0.914. The molecule has 0 saturated heterocycles. The standard InChI is InChI=1S/C14H17/c1-3-5-12-8-9-14(13-6-7-13)10-11(12)4-2/h8-10,13H,2-3,5-7H2,1H3. The maximum atomic E-state index is 3.77. The van der Waals surface area contributed by atoms with Gasteiger partial charge in [0.25, 0.3) is 0 Å². The van der Waals surface area contributed by atoms with Gasteiger partial charge in [-0.15, -0.1) is 0 Å². The van der Waals surface area contributed by atoms with Crippen LogP contribution in [0, 0.1) is 6.08 Å². The van der Waals surface area contributed by atoms with E-state index in [-0.39, 0.29) is 0 Å². The number of hydrogen-bond acceptors (Lipinski definition) is 0. The largest absolute Gasteiger partial charge is 0.0905 e. The Morgan fingerprint density at radius 3 is 2.79 bits per heavy atom. The summed E-state index contributed by atoms with van der Waals surface area (Å²) in [5.41, 5.74) is 4.10. The minimum atomic E-state index is 0.831. The average molecular weight is 185 g/mol. The average Bonchev–Trinajstić information content (AvgIpc) is 3.02. The van der Waals surface area contributed by atoms with Gasteiger partial charge >= 0.3 is 0 Å². The monoisotopic (exact) mass is 185 g/mol. The van der Waals surface area contributed by atoms with Gasteiger partial charge in [0.1, 0.15) is 0 Å². The summed E-state index contributed by atoms with van der Waals surface area (Å²) in [6.45, 7) is 5.98. The van der Waals surface area contributed by atoms with Crippen LogP contribution < -0.4 is 0 Å². The molecule has 1 aromatic rings. The Morgan fingerprint density at radius 1 is 1.43 bits per heavy atom. The Balaban J connectivity index is 2.28. The fourth-order valence-corrected chi connectivity index (χ4v) is 1.92. The van der Waals surface area contributed by atoms with E-state index in [0.29, 0.717) is 0 Å². The lowest BCUT2D eigenvalue weighted by atomic mass is 9.98. The molecule has 0 atom stereocenters. The van der Waals surface area contributed by atoms with E-state index in [2.05, 4.69) is 37.8 Å². The van der Waals surface area contributed by atoms with Crippen molar-refractivity contribution in [3.05, 3.63) is 47.5 Å². The van der Waals surface area contributed by atoms with Crippen molar-refractivity contribution in [3.8, 4) is 0 Å². The summed E-state index contributed by atoms with van der Waals surface area (Å²) in [5.74, 6) is 0.831. The van der Waals surface area contributed by atoms with Gasteiger partial charge in [0.05, 0.1) is 0 Å². The molecule has 0 unspecified atom stereocenters. The third kappa shape index (κ3) is 1.89. The molecule has 1 saturated carbocycles. The molecule has 0 bridgehead atoms. The summed E-state index contributed by atoms with van der Waals surface area (Å²) < 4.78 is 0. The quantitative estimate of drug-likeness (QED) is 0.668. The zero-order chi connectivity index (χ0) is 9.97. The summed E-state index contributed by atoms with van der Waals surface area (Å²) >= 11 is 0. The Morgan fingerprint density at radius 2 is 2.21 bits per heavy atom. The normalized spacial score (nSPS) is 15.5. The molecule has 14 heavy (non-hydrogen) atoms. The molecule has 0 aromatic heterocycles. The zero-order valence-corrected chi connectivity index (χ0v) is 8.84. The van der Waals surface area contributed by atoms with E-state index in [1.165, 1.54) is 36.0 Å². The predicted octanol–water partition coefficient (Wildman–Crippen LogP) is 3.85. The Labute approximate surface area is 86.7 Å². The van der Waals surface area contributed by atoms with Gasteiger partial charge in [-0.1, -0.05) is 38.1 Å². The van der Waals surface area contributed by atoms with Crippen LogP contribution in [-0.4, -0.2) is 0 Å². The predicted molar refractivity (Wildman–Crippen MR) is 60.4 cm³/mol. The molecule has 73 valence electrons. The van der Waals surface area contributed by atoms with Crippen molar-refractivity contribution in [2.75, 3.05) is 0 Å². The SMILES string of the molecule is C=[C]c1cc(C2CC2)ccc1CCC. The molecule has 1 aliphatic carbocycles. The third-order valence-corrected chi connectivity index (χ3v) is 2.89. The van der Waals surface area contributed by atoms with Crippen molar-refractivity contribution < 1.29 is 0 Å². The van der Waals surface area contributed by atoms with Crippen LogP contribution in [0.3, 0.4) is 0 Å². The molecule has 1 aliphatic rings. The van der Waals surface area contributed by atoms with Gasteiger partial charge in [0.2, 0.25) is 0 Å². The topological polar surface area (TPSA) is 0 Å². The summed E-state index contributed by atoms with van der Waals surface area (Å²) in [5, 5.41) is 0. The van der Waals surface area contributed by atoms with Crippen LogP contribution in [-0.2, 0) is 6.42 Å². The van der Waals surface area contributed by atoms with E-state index in [4.69, 9.17) is 0 Å². The zero-order valence-electron chi connectivity index (χ0n) is 8.84. The summed E-state index contributed by atoms with van der Waals surface area (Å²) in [6.07, 6.45) is 8.12. The molecule has 0 amide bonds. The first-order chi connectivity index (χ1) is 6.85. The van der Waals surface area contributed by atoms with Gasteiger partial charge in [0.15, 0.2) is 0 Å². The number of aryl methyl sites for hydroxylation is 1. The van der Waals surface area contributed by atoms with Gasteiger partial charge in [-0.3, -0.25) is 0 Å². The highest BCUT2D eigenvalue weighted by molar-refractivity contribution is 5.38.